The van der Waals surface area contributed by atoms with E-state index < -0.39 is 0 Å². The summed E-state index contributed by atoms with van der Waals surface area (Å²) < 4.78 is 0. The van der Waals surface area contributed by atoms with Crippen LogP contribution in [0.4, 0.5) is 5.13 Å². The molecule has 4 nitrogen and oxygen atoms in total. The molecule has 0 spiro atoms. The zero-order chi connectivity index (χ0) is 10.7. The molecule has 0 saturated heterocycles. The number of halogens is 1. The van der Waals surface area contributed by atoms with Crippen molar-refractivity contribution in [3.8, 4) is 0 Å². The van der Waals surface area contributed by atoms with Crippen LogP contribution in [0.1, 0.15) is 9.88 Å². The Morgan fingerprint density at radius 1 is 1.38 bits per heavy atom. The van der Waals surface area contributed by atoms with Gasteiger partial charge in [-0.05, 0) is 7.05 Å². The molecule has 2 heterocycles. The maximum absolute atomic E-state index is 5.57. The number of nitrogens with two attached hydrogens (primary N) is 1. The zero-order valence-electron chi connectivity index (χ0n) is 8.79. The molecule has 88 valence electrons. The highest BCUT2D eigenvalue weighted by Gasteiger charge is 2.05. The Morgan fingerprint density at radius 2 is 2.19 bits per heavy atom. The number of aromatic nitrogens is 2. The molecule has 0 fully saturated rings. The van der Waals surface area contributed by atoms with Gasteiger partial charge >= 0.3 is 0 Å². The van der Waals surface area contributed by atoms with Crippen molar-refractivity contribution in [2.24, 2.45) is 0 Å². The van der Waals surface area contributed by atoms with E-state index in [1.807, 2.05) is 17.8 Å². The fourth-order valence-electron chi connectivity index (χ4n) is 1.28. The zero-order valence-corrected chi connectivity index (χ0v) is 11.2. The van der Waals surface area contributed by atoms with Crippen LogP contribution in [-0.2, 0) is 13.1 Å². The molecule has 0 saturated carbocycles. The van der Waals surface area contributed by atoms with Crippen LogP contribution in [-0.4, -0.2) is 21.9 Å². The highest BCUT2D eigenvalue weighted by atomic mass is 35.5. The third-order valence-corrected chi connectivity index (χ3v) is 3.46. The highest BCUT2D eigenvalue weighted by Crippen LogP contribution is 2.17. The first kappa shape index (κ1) is 13.4. The van der Waals surface area contributed by atoms with Gasteiger partial charge in [0.15, 0.2) is 5.13 Å². The first-order valence-corrected chi connectivity index (χ1v) is 6.21. The Kier molecular flexibility index (Phi) is 5.14. The molecule has 0 atom stereocenters. The second kappa shape index (κ2) is 6.15. The van der Waals surface area contributed by atoms with Crippen molar-refractivity contribution in [3.63, 3.8) is 0 Å². The molecule has 0 aliphatic carbocycles. The Bertz CT molecular complexity index is 415. The summed E-state index contributed by atoms with van der Waals surface area (Å²) in [4.78, 5) is 11.7. The molecule has 0 bridgehead atoms. The molecule has 0 radical (unpaired) electrons. The van der Waals surface area contributed by atoms with Crippen molar-refractivity contribution in [2.45, 2.75) is 13.1 Å². The van der Waals surface area contributed by atoms with Crippen molar-refractivity contribution < 1.29 is 0 Å². The largest absolute Gasteiger partial charge is 0.375 e. The lowest BCUT2D eigenvalue weighted by Crippen LogP contribution is -2.16. The summed E-state index contributed by atoms with van der Waals surface area (Å²) in [6, 6.07) is 0. The Labute approximate surface area is 109 Å². The molecule has 7 heteroatoms. The third kappa shape index (κ3) is 3.71. The van der Waals surface area contributed by atoms with Crippen LogP contribution in [0.25, 0.3) is 0 Å². The molecule has 2 rings (SSSR count). The summed E-state index contributed by atoms with van der Waals surface area (Å²) in [5, 5.41) is 3.76. The first-order valence-electron chi connectivity index (χ1n) is 4.51. The number of nitrogens with zero attached hydrogens (tertiary/aromatic N) is 3. The van der Waals surface area contributed by atoms with Gasteiger partial charge in [-0.15, -0.1) is 35.1 Å². The van der Waals surface area contributed by atoms with E-state index in [1.54, 1.807) is 11.3 Å². The lowest BCUT2D eigenvalue weighted by molar-refractivity contribution is 0.321. The molecular formula is C9H13ClN4S2. The van der Waals surface area contributed by atoms with Gasteiger partial charge in [0.2, 0.25) is 0 Å². The Hall–Kier alpha value is -0.690. The van der Waals surface area contributed by atoms with Gasteiger partial charge in [-0.1, -0.05) is 0 Å². The second-order valence-corrected chi connectivity index (χ2v) is 5.39. The van der Waals surface area contributed by atoms with Gasteiger partial charge in [-0.25, -0.2) is 9.97 Å². The number of anilines is 1. The predicted octanol–water partition coefficient (Wildman–Crippen LogP) is 2.24. The fraction of sp³-hybridized carbons (Fsp3) is 0.333. The number of hydrogen-bond acceptors (Lipinski definition) is 6. The van der Waals surface area contributed by atoms with Crippen molar-refractivity contribution in [3.05, 3.63) is 27.7 Å². The molecule has 0 aliphatic rings. The molecule has 2 N–H and O–H groups in total. The van der Waals surface area contributed by atoms with Gasteiger partial charge < -0.3 is 5.73 Å². The van der Waals surface area contributed by atoms with E-state index in [1.165, 1.54) is 16.2 Å². The summed E-state index contributed by atoms with van der Waals surface area (Å²) in [7, 11) is 2.07. The van der Waals surface area contributed by atoms with E-state index in [-0.39, 0.29) is 12.4 Å². The van der Waals surface area contributed by atoms with Gasteiger partial charge in [-0.2, -0.15) is 0 Å². The van der Waals surface area contributed by atoms with Crippen LogP contribution in [0.5, 0.6) is 0 Å². The SMILES string of the molecule is CN(Cc1cnc(N)s1)Cc1nccs1.Cl. The van der Waals surface area contributed by atoms with Crippen molar-refractivity contribution in [1.29, 1.82) is 0 Å². The molecule has 0 aliphatic heterocycles. The molecule has 2 aromatic heterocycles. The van der Waals surface area contributed by atoms with Crippen LogP contribution >= 0.6 is 35.1 Å². The van der Waals surface area contributed by atoms with Crippen LogP contribution in [0, 0.1) is 0 Å². The van der Waals surface area contributed by atoms with Crippen LogP contribution in [0.2, 0.25) is 0 Å². The van der Waals surface area contributed by atoms with Gasteiger partial charge in [0.1, 0.15) is 5.01 Å². The third-order valence-electron chi connectivity index (χ3n) is 1.89. The summed E-state index contributed by atoms with van der Waals surface area (Å²) in [5.74, 6) is 0. The van der Waals surface area contributed by atoms with Crippen molar-refractivity contribution in [1.82, 2.24) is 14.9 Å². The Balaban J connectivity index is 0.00000128. The number of thiazole rings is 2. The molecule has 0 unspecified atom stereocenters. The van der Waals surface area contributed by atoms with Gasteiger partial charge in [0.05, 0.1) is 6.54 Å². The van der Waals surface area contributed by atoms with E-state index in [0.717, 1.165) is 18.1 Å². The molecule has 2 aromatic rings. The van der Waals surface area contributed by atoms with E-state index in [4.69, 9.17) is 5.73 Å². The maximum atomic E-state index is 5.57. The van der Waals surface area contributed by atoms with E-state index in [9.17, 15) is 0 Å². The van der Waals surface area contributed by atoms with E-state index in [2.05, 4.69) is 21.9 Å². The van der Waals surface area contributed by atoms with Crippen molar-refractivity contribution in [2.75, 3.05) is 12.8 Å². The fourth-order valence-corrected chi connectivity index (χ4v) is 2.74. The highest BCUT2D eigenvalue weighted by molar-refractivity contribution is 7.15. The van der Waals surface area contributed by atoms with E-state index in [0.29, 0.717) is 5.13 Å². The smallest absolute Gasteiger partial charge is 0.180 e. The standard InChI is InChI=1S/C9H12N4S2.ClH/c1-13(6-8-11-2-3-14-8)5-7-4-12-9(10)15-7;/h2-4H,5-6H2,1H3,(H2,10,12);1H. The first-order chi connectivity index (χ1) is 7.24. The van der Waals surface area contributed by atoms with Gasteiger partial charge in [0.25, 0.3) is 0 Å². The quantitative estimate of drug-likeness (QED) is 0.930. The topological polar surface area (TPSA) is 55.0 Å². The lowest BCUT2D eigenvalue weighted by atomic mass is 10.5. The van der Waals surface area contributed by atoms with Gasteiger partial charge in [-0.3, -0.25) is 4.90 Å². The van der Waals surface area contributed by atoms with Gasteiger partial charge in [0, 0.05) is 29.2 Å². The monoisotopic (exact) mass is 276 g/mol. The molecule has 16 heavy (non-hydrogen) atoms. The minimum Gasteiger partial charge on any atom is -0.375 e. The van der Waals surface area contributed by atoms with Crippen LogP contribution < -0.4 is 5.73 Å². The number of hydrogen-bond donors (Lipinski definition) is 1. The molecule has 0 amide bonds. The number of rotatable bonds is 4. The average Bonchev–Trinajstić information content (AvgIpc) is 2.77. The molecular weight excluding hydrogens is 264 g/mol. The predicted molar refractivity (Wildman–Crippen MR) is 71.1 cm³/mol. The number of nitrogen functional groups attached to an aromatic ring is 1. The van der Waals surface area contributed by atoms with Crippen LogP contribution in [0.3, 0.4) is 0 Å². The minimum atomic E-state index is 0. The van der Waals surface area contributed by atoms with E-state index >= 15 is 0 Å². The summed E-state index contributed by atoms with van der Waals surface area (Å²) in [6.45, 7) is 1.74. The normalized spacial score (nSPS) is 10.4. The second-order valence-electron chi connectivity index (χ2n) is 3.26. The Morgan fingerprint density at radius 3 is 2.75 bits per heavy atom. The minimum absolute atomic E-state index is 0. The van der Waals surface area contributed by atoms with Crippen LogP contribution in [0.15, 0.2) is 17.8 Å². The average molecular weight is 277 g/mol. The lowest BCUT2D eigenvalue weighted by Gasteiger charge is -2.12. The maximum Gasteiger partial charge on any atom is 0.180 e. The summed E-state index contributed by atoms with van der Waals surface area (Å²) in [5.41, 5.74) is 5.57. The summed E-state index contributed by atoms with van der Waals surface area (Å²) >= 11 is 3.21. The summed E-state index contributed by atoms with van der Waals surface area (Å²) in [6.07, 6.45) is 3.66. The van der Waals surface area contributed by atoms with Crippen molar-refractivity contribution >= 4 is 40.2 Å². The molecule has 0 aromatic carbocycles.